The van der Waals surface area contributed by atoms with Crippen LogP contribution in [0, 0.1) is 0 Å². The number of pyridine rings is 1. The second-order valence-corrected chi connectivity index (χ2v) is 5.38. The predicted molar refractivity (Wildman–Crippen MR) is 73.6 cm³/mol. The average molecular weight is 370 g/mol. The number of fused-ring (bicyclic) bond motifs is 1. The zero-order valence-electron chi connectivity index (χ0n) is 8.91. The summed E-state index contributed by atoms with van der Waals surface area (Å²) in [6.07, 6.45) is 3.32. The third-order valence-corrected chi connectivity index (χ3v) is 3.40. The monoisotopic (exact) mass is 368 g/mol. The highest BCUT2D eigenvalue weighted by molar-refractivity contribution is 9.10. The molecule has 0 radical (unpaired) electrons. The first kappa shape index (κ1) is 11.7. The molecule has 1 N–H and O–H groups in total. The van der Waals surface area contributed by atoms with Crippen LogP contribution >= 0.6 is 31.9 Å². The van der Waals surface area contributed by atoms with Crippen LogP contribution in [0.4, 0.5) is 0 Å². The SMILES string of the molecule is O=C(c1ccc(Br)o1)c1c[nH]c2ncc(Br)cc12. The van der Waals surface area contributed by atoms with Gasteiger partial charge in [-0.1, -0.05) is 0 Å². The van der Waals surface area contributed by atoms with Gasteiger partial charge in [-0.25, -0.2) is 4.98 Å². The van der Waals surface area contributed by atoms with Crippen LogP contribution in [0.3, 0.4) is 0 Å². The minimum atomic E-state index is -0.174. The van der Waals surface area contributed by atoms with Gasteiger partial charge in [-0.05, 0) is 50.1 Å². The molecule has 0 aromatic carbocycles. The maximum Gasteiger partial charge on any atom is 0.230 e. The van der Waals surface area contributed by atoms with Crippen LogP contribution in [0.25, 0.3) is 11.0 Å². The van der Waals surface area contributed by atoms with Gasteiger partial charge in [0.1, 0.15) is 5.65 Å². The molecule has 0 fully saturated rings. The van der Waals surface area contributed by atoms with Crippen LogP contribution in [0.5, 0.6) is 0 Å². The Morgan fingerprint density at radius 1 is 1.33 bits per heavy atom. The molecule has 0 saturated carbocycles. The fourth-order valence-corrected chi connectivity index (χ4v) is 2.37. The lowest BCUT2D eigenvalue weighted by atomic mass is 10.1. The van der Waals surface area contributed by atoms with Gasteiger partial charge in [-0.2, -0.15) is 0 Å². The van der Waals surface area contributed by atoms with Crippen molar-refractivity contribution in [1.82, 2.24) is 9.97 Å². The quantitative estimate of drug-likeness (QED) is 0.696. The van der Waals surface area contributed by atoms with Gasteiger partial charge >= 0.3 is 0 Å². The second-order valence-electron chi connectivity index (χ2n) is 3.68. The molecule has 0 saturated heterocycles. The molecule has 18 heavy (non-hydrogen) atoms. The lowest BCUT2D eigenvalue weighted by Gasteiger charge is -1.96. The number of rotatable bonds is 2. The first-order valence-electron chi connectivity index (χ1n) is 5.08. The van der Waals surface area contributed by atoms with E-state index in [1.807, 2.05) is 6.07 Å². The molecular formula is C12H6Br2N2O2. The first-order chi connectivity index (χ1) is 8.65. The molecule has 0 aliphatic rings. The van der Waals surface area contributed by atoms with E-state index in [0.29, 0.717) is 21.6 Å². The number of halogens is 2. The summed E-state index contributed by atoms with van der Waals surface area (Å²) in [5.41, 5.74) is 1.22. The van der Waals surface area contributed by atoms with Gasteiger partial charge < -0.3 is 9.40 Å². The van der Waals surface area contributed by atoms with Crippen LogP contribution in [0.2, 0.25) is 0 Å². The highest BCUT2D eigenvalue weighted by atomic mass is 79.9. The number of carbonyl (C=O) groups excluding carboxylic acids is 1. The van der Waals surface area contributed by atoms with E-state index >= 15 is 0 Å². The van der Waals surface area contributed by atoms with Gasteiger partial charge in [0.15, 0.2) is 10.4 Å². The van der Waals surface area contributed by atoms with E-state index in [2.05, 4.69) is 41.8 Å². The maximum atomic E-state index is 12.3. The Hall–Kier alpha value is -1.40. The van der Waals surface area contributed by atoms with Crippen LogP contribution in [0.1, 0.15) is 16.1 Å². The second kappa shape index (κ2) is 4.37. The predicted octanol–water partition coefficient (Wildman–Crippen LogP) is 3.91. The highest BCUT2D eigenvalue weighted by Gasteiger charge is 2.18. The van der Waals surface area contributed by atoms with Crippen molar-refractivity contribution >= 4 is 48.7 Å². The Bertz CT molecular complexity index is 745. The number of hydrogen-bond acceptors (Lipinski definition) is 3. The van der Waals surface area contributed by atoms with Crippen molar-refractivity contribution in [3.63, 3.8) is 0 Å². The van der Waals surface area contributed by atoms with E-state index in [-0.39, 0.29) is 5.78 Å². The van der Waals surface area contributed by atoms with Gasteiger partial charge in [0.05, 0.1) is 5.56 Å². The number of nitrogens with zero attached hydrogens (tertiary/aromatic N) is 1. The topological polar surface area (TPSA) is 58.9 Å². The molecule has 3 aromatic heterocycles. The molecule has 0 aliphatic carbocycles. The molecule has 6 heteroatoms. The third kappa shape index (κ3) is 1.91. The van der Waals surface area contributed by atoms with Crippen molar-refractivity contribution in [3.05, 3.63) is 51.1 Å². The lowest BCUT2D eigenvalue weighted by Crippen LogP contribution is -1.98. The van der Waals surface area contributed by atoms with E-state index in [0.717, 1.165) is 9.86 Å². The zero-order valence-corrected chi connectivity index (χ0v) is 12.1. The number of aromatic amines is 1. The fraction of sp³-hybridized carbons (Fsp3) is 0. The number of ketones is 1. The maximum absolute atomic E-state index is 12.3. The smallest absolute Gasteiger partial charge is 0.230 e. The van der Waals surface area contributed by atoms with Gasteiger partial charge in [-0.15, -0.1) is 0 Å². The fourth-order valence-electron chi connectivity index (χ4n) is 1.73. The minimum absolute atomic E-state index is 0.174. The summed E-state index contributed by atoms with van der Waals surface area (Å²) in [6.45, 7) is 0. The largest absolute Gasteiger partial charge is 0.446 e. The summed E-state index contributed by atoms with van der Waals surface area (Å²) < 4.78 is 6.63. The van der Waals surface area contributed by atoms with Crippen LogP contribution in [-0.4, -0.2) is 15.8 Å². The molecule has 0 spiro atoms. The number of nitrogens with one attached hydrogen (secondary N) is 1. The van der Waals surface area contributed by atoms with Crippen molar-refractivity contribution in [1.29, 1.82) is 0 Å². The number of carbonyl (C=O) groups is 1. The molecule has 0 bridgehead atoms. The Labute approximate surface area is 119 Å². The van der Waals surface area contributed by atoms with Crippen LogP contribution < -0.4 is 0 Å². The summed E-state index contributed by atoms with van der Waals surface area (Å²) in [4.78, 5) is 19.4. The summed E-state index contributed by atoms with van der Waals surface area (Å²) in [7, 11) is 0. The average Bonchev–Trinajstić information content (AvgIpc) is 2.94. The number of aromatic nitrogens is 2. The minimum Gasteiger partial charge on any atom is -0.446 e. The Morgan fingerprint density at radius 3 is 2.89 bits per heavy atom. The molecule has 4 nitrogen and oxygen atoms in total. The molecule has 0 atom stereocenters. The number of furan rings is 1. The molecule has 0 aliphatic heterocycles. The molecule has 0 amide bonds. The molecule has 3 aromatic rings. The summed E-state index contributed by atoms with van der Waals surface area (Å²) >= 11 is 6.52. The molecule has 3 rings (SSSR count). The van der Waals surface area contributed by atoms with E-state index in [1.165, 1.54) is 0 Å². The Kier molecular flexibility index (Phi) is 2.83. The van der Waals surface area contributed by atoms with Gasteiger partial charge in [0.25, 0.3) is 0 Å². The molecule has 3 heterocycles. The van der Waals surface area contributed by atoms with E-state index in [4.69, 9.17) is 4.42 Å². The Balaban J connectivity index is 2.14. The van der Waals surface area contributed by atoms with Crippen LogP contribution in [-0.2, 0) is 0 Å². The van der Waals surface area contributed by atoms with Gasteiger partial charge in [0, 0.05) is 22.3 Å². The normalized spacial score (nSPS) is 11.0. The van der Waals surface area contributed by atoms with Crippen molar-refractivity contribution in [3.8, 4) is 0 Å². The summed E-state index contributed by atoms with van der Waals surface area (Å²) in [6, 6.07) is 5.18. The third-order valence-electron chi connectivity index (χ3n) is 2.54. The van der Waals surface area contributed by atoms with E-state index in [9.17, 15) is 4.79 Å². The molecular weight excluding hydrogens is 364 g/mol. The van der Waals surface area contributed by atoms with Crippen molar-refractivity contribution in [2.75, 3.05) is 0 Å². The van der Waals surface area contributed by atoms with E-state index in [1.54, 1.807) is 24.5 Å². The zero-order chi connectivity index (χ0) is 12.7. The molecule has 0 unspecified atom stereocenters. The van der Waals surface area contributed by atoms with Crippen molar-refractivity contribution < 1.29 is 9.21 Å². The number of hydrogen-bond donors (Lipinski definition) is 1. The van der Waals surface area contributed by atoms with Gasteiger partial charge in [0.2, 0.25) is 5.78 Å². The van der Waals surface area contributed by atoms with Crippen molar-refractivity contribution in [2.45, 2.75) is 0 Å². The van der Waals surface area contributed by atoms with E-state index < -0.39 is 0 Å². The summed E-state index contributed by atoms with van der Waals surface area (Å²) in [5, 5.41) is 0.766. The summed E-state index contributed by atoms with van der Waals surface area (Å²) in [5.74, 6) is 0.120. The Morgan fingerprint density at radius 2 is 2.17 bits per heavy atom. The van der Waals surface area contributed by atoms with Crippen LogP contribution in [0.15, 0.2) is 44.2 Å². The number of H-pyrrole nitrogens is 1. The van der Waals surface area contributed by atoms with Gasteiger partial charge in [-0.3, -0.25) is 4.79 Å². The van der Waals surface area contributed by atoms with Crippen molar-refractivity contribution in [2.24, 2.45) is 0 Å². The standard InChI is InChI=1S/C12H6Br2N2O2/c13-6-3-7-8(5-16-12(7)15-4-6)11(17)9-1-2-10(14)18-9/h1-5H,(H,15,16). The molecule has 90 valence electrons. The lowest BCUT2D eigenvalue weighted by molar-refractivity contribution is 0.101. The highest BCUT2D eigenvalue weighted by Crippen LogP contribution is 2.24. The first-order valence-corrected chi connectivity index (χ1v) is 6.66.